The maximum absolute atomic E-state index is 3.75. The molecule has 1 fully saturated rings. The Morgan fingerprint density at radius 3 is 3.00 bits per heavy atom. The first-order valence-corrected chi connectivity index (χ1v) is 6.97. The maximum Gasteiger partial charge on any atom is 0.0472 e. The minimum Gasteiger partial charge on any atom is -0.308 e. The van der Waals surface area contributed by atoms with Crippen LogP contribution in [-0.2, 0) is 6.42 Å². The molecule has 1 N–H and O–H groups in total. The van der Waals surface area contributed by atoms with Crippen molar-refractivity contribution < 1.29 is 0 Å². The highest BCUT2D eigenvalue weighted by Crippen LogP contribution is 2.49. The Kier molecular flexibility index (Phi) is 2.37. The summed E-state index contributed by atoms with van der Waals surface area (Å²) in [6.45, 7) is 3.65. The second-order valence-corrected chi connectivity index (χ2v) is 6.26. The molecule has 1 aromatic heterocycles. The summed E-state index contributed by atoms with van der Waals surface area (Å²) in [5.41, 5.74) is 2.14. The van der Waals surface area contributed by atoms with Crippen molar-refractivity contribution >= 4 is 11.3 Å². The van der Waals surface area contributed by atoms with Crippen LogP contribution >= 0.6 is 11.3 Å². The van der Waals surface area contributed by atoms with Gasteiger partial charge >= 0.3 is 0 Å². The minimum atomic E-state index is 0.528. The highest BCUT2D eigenvalue weighted by Gasteiger charge is 2.40. The van der Waals surface area contributed by atoms with Crippen LogP contribution in [-0.4, -0.2) is 6.54 Å². The molecule has 82 valence electrons. The van der Waals surface area contributed by atoms with E-state index in [1.807, 2.05) is 11.3 Å². The van der Waals surface area contributed by atoms with Gasteiger partial charge in [-0.15, -0.1) is 11.3 Å². The van der Waals surface area contributed by atoms with Gasteiger partial charge in [-0.3, -0.25) is 0 Å². The predicted molar refractivity (Wildman–Crippen MR) is 65.3 cm³/mol. The summed E-state index contributed by atoms with van der Waals surface area (Å²) >= 11 is 1.96. The van der Waals surface area contributed by atoms with Crippen molar-refractivity contribution in [2.45, 2.75) is 45.1 Å². The van der Waals surface area contributed by atoms with Gasteiger partial charge in [0.25, 0.3) is 0 Å². The van der Waals surface area contributed by atoms with Gasteiger partial charge in [-0.05, 0) is 48.2 Å². The van der Waals surface area contributed by atoms with Crippen molar-refractivity contribution in [3.05, 3.63) is 21.9 Å². The maximum atomic E-state index is 3.75. The van der Waals surface area contributed by atoms with E-state index in [0.717, 1.165) is 0 Å². The van der Waals surface area contributed by atoms with Gasteiger partial charge in [-0.25, -0.2) is 0 Å². The zero-order valence-corrected chi connectivity index (χ0v) is 10.2. The molecular formula is C13H19NS. The smallest absolute Gasteiger partial charge is 0.0472 e. The fourth-order valence-electron chi connectivity index (χ4n) is 3.29. The van der Waals surface area contributed by atoms with Crippen LogP contribution in [0.3, 0.4) is 0 Å². The van der Waals surface area contributed by atoms with E-state index in [-0.39, 0.29) is 0 Å². The van der Waals surface area contributed by atoms with E-state index < -0.39 is 0 Å². The summed E-state index contributed by atoms with van der Waals surface area (Å²) in [7, 11) is 0. The van der Waals surface area contributed by atoms with Crippen LogP contribution in [0.25, 0.3) is 0 Å². The summed E-state index contributed by atoms with van der Waals surface area (Å²) in [5, 5.41) is 6.02. The van der Waals surface area contributed by atoms with Gasteiger partial charge in [0.15, 0.2) is 0 Å². The molecule has 1 aliphatic carbocycles. The molecule has 1 unspecified atom stereocenters. The average molecular weight is 221 g/mol. The quantitative estimate of drug-likeness (QED) is 0.765. The zero-order valence-electron chi connectivity index (χ0n) is 9.38. The lowest BCUT2D eigenvalue weighted by Gasteiger charge is -2.37. The average Bonchev–Trinajstić information content (AvgIpc) is 2.85. The third-order valence-corrected chi connectivity index (χ3v) is 5.25. The van der Waals surface area contributed by atoms with E-state index in [2.05, 4.69) is 23.7 Å². The van der Waals surface area contributed by atoms with Crippen molar-refractivity contribution in [3.8, 4) is 0 Å². The molecule has 0 aromatic carbocycles. The summed E-state index contributed by atoms with van der Waals surface area (Å²) in [6.07, 6.45) is 6.89. The highest BCUT2D eigenvalue weighted by molar-refractivity contribution is 7.10. The first-order chi connectivity index (χ1) is 7.30. The third kappa shape index (κ3) is 1.55. The summed E-state index contributed by atoms with van der Waals surface area (Å²) in [6, 6.07) is 2.97. The van der Waals surface area contributed by atoms with E-state index in [1.54, 1.807) is 10.4 Å². The van der Waals surface area contributed by atoms with E-state index >= 15 is 0 Å². The molecule has 0 amide bonds. The normalized spacial score (nSPS) is 29.0. The van der Waals surface area contributed by atoms with Crippen molar-refractivity contribution in [1.29, 1.82) is 0 Å². The van der Waals surface area contributed by atoms with Crippen molar-refractivity contribution in [3.63, 3.8) is 0 Å². The number of thiophene rings is 1. The monoisotopic (exact) mass is 221 g/mol. The number of fused-ring (bicyclic) bond motifs is 1. The summed E-state index contributed by atoms with van der Waals surface area (Å²) in [5.74, 6) is 0. The van der Waals surface area contributed by atoms with Gasteiger partial charge in [0.1, 0.15) is 0 Å². The Balaban J connectivity index is 1.95. The van der Waals surface area contributed by atoms with E-state index in [1.165, 1.54) is 38.6 Å². The molecule has 1 nitrogen and oxygen atoms in total. The summed E-state index contributed by atoms with van der Waals surface area (Å²) in [4.78, 5) is 1.63. The van der Waals surface area contributed by atoms with Gasteiger partial charge in [-0.1, -0.05) is 19.8 Å². The van der Waals surface area contributed by atoms with Crippen molar-refractivity contribution in [2.75, 3.05) is 6.54 Å². The zero-order chi connectivity index (χ0) is 10.3. The Labute approximate surface area is 95.9 Å². The van der Waals surface area contributed by atoms with Crippen LogP contribution in [0.15, 0.2) is 11.4 Å². The lowest BCUT2D eigenvalue weighted by atomic mass is 9.77. The van der Waals surface area contributed by atoms with Crippen molar-refractivity contribution in [2.24, 2.45) is 5.41 Å². The molecule has 0 saturated heterocycles. The van der Waals surface area contributed by atoms with E-state index in [0.29, 0.717) is 11.5 Å². The molecular weight excluding hydrogens is 202 g/mol. The lowest BCUT2D eigenvalue weighted by Crippen LogP contribution is -2.38. The first kappa shape index (κ1) is 9.86. The molecule has 2 heterocycles. The van der Waals surface area contributed by atoms with Gasteiger partial charge in [0.2, 0.25) is 0 Å². The van der Waals surface area contributed by atoms with E-state index in [9.17, 15) is 0 Å². The number of nitrogens with one attached hydrogen (secondary N) is 1. The standard InChI is InChI=1S/C13H19NS/c1-13(6-2-3-7-13)12-11-10(4-8-14-12)5-9-15-11/h5,9,12,14H,2-4,6-8H2,1H3. The van der Waals surface area contributed by atoms with Crippen LogP contribution < -0.4 is 5.32 Å². The molecule has 0 spiro atoms. The first-order valence-electron chi connectivity index (χ1n) is 6.09. The third-order valence-electron chi connectivity index (χ3n) is 4.23. The Bertz CT molecular complexity index is 349. The van der Waals surface area contributed by atoms with Crippen LogP contribution in [0.1, 0.15) is 49.1 Å². The van der Waals surface area contributed by atoms with Crippen molar-refractivity contribution in [1.82, 2.24) is 5.32 Å². The second kappa shape index (κ2) is 3.60. The molecule has 1 aliphatic heterocycles. The van der Waals surface area contributed by atoms with Gasteiger partial charge < -0.3 is 5.32 Å². The lowest BCUT2D eigenvalue weighted by molar-refractivity contribution is 0.220. The fourth-order valence-corrected chi connectivity index (χ4v) is 4.49. The Morgan fingerprint density at radius 1 is 1.40 bits per heavy atom. The Hall–Kier alpha value is -0.340. The molecule has 2 heteroatoms. The van der Waals surface area contributed by atoms with Gasteiger partial charge in [0, 0.05) is 10.9 Å². The van der Waals surface area contributed by atoms with Crippen LogP contribution in [0.5, 0.6) is 0 Å². The van der Waals surface area contributed by atoms with Gasteiger partial charge in [0.05, 0.1) is 0 Å². The SMILES string of the molecule is CC1(C2NCCc3ccsc32)CCCC1. The number of rotatable bonds is 1. The molecule has 0 radical (unpaired) electrons. The number of hydrogen-bond acceptors (Lipinski definition) is 2. The Morgan fingerprint density at radius 2 is 2.20 bits per heavy atom. The minimum absolute atomic E-state index is 0.528. The molecule has 1 saturated carbocycles. The van der Waals surface area contributed by atoms with E-state index in [4.69, 9.17) is 0 Å². The number of hydrogen-bond donors (Lipinski definition) is 1. The van der Waals surface area contributed by atoms with Crippen LogP contribution in [0.4, 0.5) is 0 Å². The fraction of sp³-hybridized carbons (Fsp3) is 0.692. The molecule has 3 rings (SSSR count). The molecule has 1 atom stereocenters. The highest BCUT2D eigenvalue weighted by atomic mass is 32.1. The molecule has 15 heavy (non-hydrogen) atoms. The molecule has 1 aromatic rings. The van der Waals surface area contributed by atoms with Crippen LogP contribution in [0.2, 0.25) is 0 Å². The topological polar surface area (TPSA) is 12.0 Å². The van der Waals surface area contributed by atoms with Crippen LogP contribution in [0, 0.1) is 5.41 Å². The molecule has 0 bridgehead atoms. The molecule has 2 aliphatic rings. The van der Waals surface area contributed by atoms with Gasteiger partial charge in [-0.2, -0.15) is 0 Å². The largest absolute Gasteiger partial charge is 0.308 e. The summed E-state index contributed by atoms with van der Waals surface area (Å²) < 4.78 is 0. The second-order valence-electron chi connectivity index (χ2n) is 5.31. The predicted octanol–water partition coefficient (Wildman–Crippen LogP) is 3.52.